The third-order valence-corrected chi connectivity index (χ3v) is 6.18. The van der Waals surface area contributed by atoms with Crippen LogP contribution in [0.15, 0.2) is 36.5 Å². The minimum absolute atomic E-state index is 0.116. The largest absolute Gasteiger partial charge is 0.345 e. The van der Waals surface area contributed by atoms with Gasteiger partial charge < -0.3 is 10.6 Å². The third-order valence-electron chi connectivity index (χ3n) is 6.18. The first-order chi connectivity index (χ1) is 13.4. The number of aromatic nitrogens is 2. The van der Waals surface area contributed by atoms with Gasteiger partial charge in [-0.2, -0.15) is 0 Å². The number of rotatable bonds is 4. The van der Waals surface area contributed by atoms with Crippen LogP contribution in [-0.4, -0.2) is 32.9 Å². The third kappa shape index (κ3) is 3.51. The van der Waals surface area contributed by atoms with E-state index in [1.165, 1.54) is 0 Å². The minimum atomic E-state index is -0.273. The molecule has 2 aromatic heterocycles. The standard InChI is InChI=1S/C22H26N4O2/c1-15-7-8-16(2)24-18(15)20(28)26-22-10-5-9-21(14-22,11-12-22)25-19(27)17-6-3-4-13-23-17/h3-4,6-8,13H,5,9-12,14H2,1-2H3,(H,25,27)(H,26,28)/t21-,22-/m1/s1. The maximum absolute atomic E-state index is 12.9. The first-order valence-electron chi connectivity index (χ1n) is 9.91. The van der Waals surface area contributed by atoms with E-state index in [2.05, 4.69) is 20.6 Å². The predicted octanol–water partition coefficient (Wildman–Crippen LogP) is 3.10. The number of hydrogen-bond donors (Lipinski definition) is 2. The SMILES string of the molecule is Cc1ccc(C)c(C(=O)N[C@]23CCC[C@@](NC(=O)c4ccccn4)(CC2)C3)n1. The molecular weight excluding hydrogens is 352 g/mol. The van der Waals surface area contributed by atoms with Crippen molar-refractivity contribution in [2.24, 2.45) is 0 Å². The molecule has 2 amide bonds. The van der Waals surface area contributed by atoms with E-state index in [9.17, 15) is 9.59 Å². The van der Waals surface area contributed by atoms with Crippen LogP contribution in [0.25, 0.3) is 0 Å². The lowest BCUT2D eigenvalue weighted by Gasteiger charge is -2.40. The van der Waals surface area contributed by atoms with Gasteiger partial charge in [0.1, 0.15) is 11.4 Å². The molecule has 4 rings (SSSR count). The Morgan fingerprint density at radius 2 is 1.64 bits per heavy atom. The summed E-state index contributed by atoms with van der Waals surface area (Å²) in [5, 5.41) is 6.51. The molecule has 2 bridgehead atoms. The molecule has 2 saturated carbocycles. The lowest BCUT2D eigenvalue weighted by atomic mass is 9.78. The van der Waals surface area contributed by atoms with Gasteiger partial charge in [0.25, 0.3) is 11.8 Å². The fourth-order valence-electron chi connectivity index (χ4n) is 4.79. The fourth-order valence-corrected chi connectivity index (χ4v) is 4.79. The summed E-state index contributed by atoms with van der Waals surface area (Å²) in [5.41, 5.74) is 2.10. The van der Waals surface area contributed by atoms with Gasteiger partial charge in [0.15, 0.2) is 0 Å². The molecule has 0 aromatic carbocycles. The smallest absolute Gasteiger partial charge is 0.270 e. The van der Waals surface area contributed by atoms with Crippen LogP contribution in [0, 0.1) is 13.8 Å². The number of carbonyl (C=O) groups excluding carboxylic acids is 2. The van der Waals surface area contributed by atoms with E-state index in [0.717, 1.165) is 49.8 Å². The van der Waals surface area contributed by atoms with Crippen LogP contribution in [0.1, 0.15) is 70.8 Å². The Kier molecular flexibility index (Phi) is 4.65. The van der Waals surface area contributed by atoms with Crippen molar-refractivity contribution in [3.05, 3.63) is 59.2 Å². The van der Waals surface area contributed by atoms with E-state index in [0.29, 0.717) is 11.4 Å². The molecule has 6 heteroatoms. The van der Waals surface area contributed by atoms with Crippen LogP contribution >= 0.6 is 0 Å². The number of nitrogens with one attached hydrogen (secondary N) is 2. The van der Waals surface area contributed by atoms with E-state index in [-0.39, 0.29) is 22.9 Å². The zero-order valence-electron chi connectivity index (χ0n) is 16.4. The Bertz CT molecular complexity index is 914. The molecule has 2 aromatic rings. The second kappa shape index (κ2) is 7.00. The van der Waals surface area contributed by atoms with Gasteiger partial charge in [-0.1, -0.05) is 12.1 Å². The molecule has 0 radical (unpaired) electrons. The second-order valence-electron chi connectivity index (χ2n) is 8.33. The molecule has 0 spiro atoms. The summed E-state index contributed by atoms with van der Waals surface area (Å²) in [6.07, 6.45) is 6.97. The Hall–Kier alpha value is -2.76. The van der Waals surface area contributed by atoms with Crippen LogP contribution < -0.4 is 10.6 Å². The summed E-state index contributed by atoms with van der Waals surface area (Å²) in [4.78, 5) is 34.2. The number of nitrogens with zero attached hydrogens (tertiary/aromatic N) is 2. The number of hydrogen-bond acceptors (Lipinski definition) is 4. The number of pyridine rings is 2. The zero-order chi connectivity index (χ0) is 19.8. The summed E-state index contributed by atoms with van der Waals surface area (Å²) < 4.78 is 0. The first-order valence-corrected chi connectivity index (χ1v) is 9.91. The number of carbonyl (C=O) groups is 2. The normalized spacial score (nSPS) is 25.9. The van der Waals surface area contributed by atoms with Gasteiger partial charge in [-0.25, -0.2) is 4.98 Å². The van der Waals surface area contributed by atoms with Crippen molar-refractivity contribution < 1.29 is 9.59 Å². The molecule has 6 nitrogen and oxygen atoms in total. The zero-order valence-corrected chi connectivity index (χ0v) is 16.4. The van der Waals surface area contributed by atoms with Crippen molar-refractivity contribution in [3.8, 4) is 0 Å². The molecule has 2 heterocycles. The monoisotopic (exact) mass is 378 g/mol. The first kappa shape index (κ1) is 18.6. The minimum Gasteiger partial charge on any atom is -0.345 e. The lowest BCUT2D eigenvalue weighted by Crippen LogP contribution is -2.55. The van der Waals surface area contributed by atoms with Crippen LogP contribution in [0.3, 0.4) is 0 Å². The molecule has 146 valence electrons. The van der Waals surface area contributed by atoms with Crippen molar-refractivity contribution >= 4 is 11.8 Å². The van der Waals surface area contributed by atoms with Gasteiger partial charge >= 0.3 is 0 Å². The molecule has 2 atom stereocenters. The van der Waals surface area contributed by atoms with Crippen molar-refractivity contribution in [2.75, 3.05) is 0 Å². The molecule has 2 N–H and O–H groups in total. The van der Waals surface area contributed by atoms with Gasteiger partial charge in [0.2, 0.25) is 0 Å². The van der Waals surface area contributed by atoms with Crippen molar-refractivity contribution in [2.45, 2.75) is 63.5 Å². The molecule has 2 aliphatic carbocycles. The topological polar surface area (TPSA) is 84.0 Å². The molecule has 0 saturated heterocycles. The number of amides is 2. The summed E-state index contributed by atoms with van der Waals surface area (Å²) in [7, 11) is 0. The van der Waals surface area contributed by atoms with Gasteiger partial charge in [-0.05, 0) is 76.1 Å². The van der Waals surface area contributed by atoms with E-state index in [4.69, 9.17) is 0 Å². The summed E-state index contributed by atoms with van der Waals surface area (Å²) >= 11 is 0. The molecular formula is C22H26N4O2. The van der Waals surface area contributed by atoms with Gasteiger partial charge in [-0.15, -0.1) is 0 Å². The van der Waals surface area contributed by atoms with Crippen LogP contribution in [-0.2, 0) is 0 Å². The van der Waals surface area contributed by atoms with E-state index < -0.39 is 0 Å². The van der Waals surface area contributed by atoms with Gasteiger partial charge in [-0.3, -0.25) is 14.6 Å². The van der Waals surface area contributed by atoms with Crippen molar-refractivity contribution in [3.63, 3.8) is 0 Å². The number of fused-ring (bicyclic) bond motifs is 2. The summed E-state index contributed by atoms with van der Waals surface area (Å²) in [6.45, 7) is 3.80. The predicted molar refractivity (Wildman–Crippen MR) is 106 cm³/mol. The van der Waals surface area contributed by atoms with Crippen molar-refractivity contribution in [1.29, 1.82) is 0 Å². The maximum atomic E-state index is 12.9. The number of aryl methyl sites for hydroxylation is 2. The van der Waals surface area contributed by atoms with Crippen LogP contribution in [0.4, 0.5) is 0 Å². The quantitative estimate of drug-likeness (QED) is 0.856. The van der Waals surface area contributed by atoms with Gasteiger partial charge in [0.05, 0.1) is 0 Å². The summed E-state index contributed by atoms with van der Waals surface area (Å²) in [6, 6.07) is 9.19. The lowest BCUT2D eigenvalue weighted by molar-refractivity contribution is 0.0826. The highest BCUT2D eigenvalue weighted by Crippen LogP contribution is 2.48. The van der Waals surface area contributed by atoms with E-state index >= 15 is 0 Å². The molecule has 28 heavy (non-hydrogen) atoms. The Morgan fingerprint density at radius 3 is 2.32 bits per heavy atom. The average molecular weight is 378 g/mol. The molecule has 2 aliphatic rings. The van der Waals surface area contributed by atoms with E-state index in [1.807, 2.05) is 32.0 Å². The molecule has 0 unspecified atom stereocenters. The Morgan fingerprint density at radius 1 is 0.929 bits per heavy atom. The fraction of sp³-hybridized carbons (Fsp3) is 0.455. The maximum Gasteiger partial charge on any atom is 0.270 e. The highest BCUT2D eigenvalue weighted by Gasteiger charge is 2.52. The summed E-state index contributed by atoms with van der Waals surface area (Å²) in [5.74, 6) is -0.254. The molecule has 2 fully saturated rings. The van der Waals surface area contributed by atoms with Crippen LogP contribution in [0.2, 0.25) is 0 Å². The van der Waals surface area contributed by atoms with E-state index in [1.54, 1.807) is 18.3 Å². The highest BCUT2D eigenvalue weighted by atomic mass is 16.2. The van der Waals surface area contributed by atoms with Crippen molar-refractivity contribution in [1.82, 2.24) is 20.6 Å². The van der Waals surface area contributed by atoms with Crippen LogP contribution in [0.5, 0.6) is 0 Å². The second-order valence-corrected chi connectivity index (χ2v) is 8.33. The average Bonchev–Trinajstić information content (AvgIpc) is 2.93. The highest BCUT2D eigenvalue weighted by molar-refractivity contribution is 5.94. The molecule has 0 aliphatic heterocycles. The Balaban J connectivity index is 1.50. The van der Waals surface area contributed by atoms with Gasteiger partial charge in [0, 0.05) is 23.0 Å². The Labute approximate surface area is 165 Å².